The molecule has 2 aromatic carbocycles. The molecule has 106 valence electrons. The van der Waals surface area contributed by atoms with Crippen LogP contribution in [0, 0.1) is 12.7 Å². The average molecular weight is 275 g/mol. The Hall–Kier alpha value is -2.07. The highest BCUT2D eigenvalue weighted by atomic mass is 19.1. The van der Waals surface area contributed by atoms with Gasteiger partial charge in [-0.2, -0.15) is 0 Å². The van der Waals surface area contributed by atoms with Gasteiger partial charge in [0.25, 0.3) is 0 Å². The van der Waals surface area contributed by atoms with Gasteiger partial charge in [0.05, 0.1) is 20.3 Å². The Morgan fingerprint density at radius 3 is 2.35 bits per heavy atom. The normalized spacial score (nSPS) is 12.1. The molecule has 0 aliphatic rings. The molecule has 0 bridgehead atoms. The molecule has 0 radical (unpaired) electrons. The van der Waals surface area contributed by atoms with E-state index in [4.69, 9.17) is 15.2 Å². The average Bonchev–Trinajstić information content (AvgIpc) is 2.48. The van der Waals surface area contributed by atoms with Crippen LogP contribution in [0.2, 0.25) is 0 Å². The largest absolute Gasteiger partial charge is 0.493 e. The summed E-state index contributed by atoms with van der Waals surface area (Å²) >= 11 is 0. The van der Waals surface area contributed by atoms with Crippen LogP contribution in [-0.2, 0) is 0 Å². The molecular formula is C16H18FNO2. The number of hydrogen-bond acceptors (Lipinski definition) is 3. The van der Waals surface area contributed by atoms with E-state index in [9.17, 15) is 4.39 Å². The summed E-state index contributed by atoms with van der Waals surface area (Å²) in [5, 5.41) is 0. The number of rotatable bonds is 4. The van der Waals surface area contributed by atoms with Crippen molar-refractivity contribution >= 4 is 0 Å². The van der Waals surface area contributed by atoms with Gasteiger partial charge in [0.1, 0.15) is 5.82 Å². The van der Waals surface area contributed by atoms with Crippen LogP contribution in [-0.4, -0.2) is 14.2 Å². The molecule has 0 aliphatic heterocycles. The molecule has 2 rings (SSSR count). The minimum atomic E-state index is -0.547. The van der Waals surface area contributed by atoms with Gasteiger partial charge in [-0.25, -0.2) is 4.39 Å². The number of aryl methyl sites for hydroxylation is 1. The molecule has 0 saturated heterocycles. The van der Waals surface area contributed by atoms with Crippen molar-refractivity contribution in [3.8, 4) is 11.5 Å². The van der Waals surface area contributed by atoms with Crippen molar-refractivity contribution in [2.75, 3.05) is 14.2 Å². The van der Waals surface area contributed by atoms with Crippen molar-refractivity contribution in [1.29, 1.82) is 0 Å². The molecule has 1 atom stereocenters. The lowest BCUT2D eigenvalue weighted by atomic mass is 9.97. The Kier molecular flexibility index (Phi) is 4.25. The van der Waals surface area contributed by atoms with Crippen LogP contribution in [0.1, 0.15) is 22.7 Å². The van der Waals surface area contributed by atoms with Gasteiger partial charge in [0.2, 0.25) is 0 Å². The minimum absolute atomic E-state index is 0.308. The fraction of sp³-hybridized carbons (Fsp3) is 0.250. The number of nitrogens with two attached hydrogens (primary N) is 1. The quantitative estimate of drug-likeness (QED) is 0.932. The van der Waals surface area contributed by atoms with Crippen LogP contribution >= 0.6 is 0 Å². The van der Waals surface area contributed by atoms with Gasteiger partial charge in [0.15, 0.2) is 11.5 Å². The molecule has 0 aliphatic carbocycles. The van der Waals surface area contributed by atoms with Gasteiger partial charge in [-0.1, -0.05) is 23.8 Å². The summed E-state index contributed by atoms with van der Waals surface area (Å²) in [6.45, 7) is 1.91. The lowest BCUT2D eigenvalue weighted by Crippen LogP contribution is -2.14. The highest BCUT2D eigenvalue weighted by Crippen LogP contribution is 2.32. The zero-order valence-electron chi connectivity index (χ0n) is 11.8. The van der Waals surface area contributed by atoms with Gasteiger partial charge in [0, 0.05) is 5.56 Å². The molecule has 0 fully saturated rings. The number of ether oxygens (including phenoxy) is 2. The van der Waals surface area contributed by atoms with Crippen molar-refractivity contribution in [2.45, 2.75) is 13.0 Å². The molecule has 0 heterocycles. The zero-order chi connectivity index (χ0) is 14.7. The van der Waals surface area contributed by atoms with Crippen molar-refractivity contribution in [1.82, 2.24) is 0 Å². The lowest BCUT2D eigenvalue weighted by Gasteiger charge is -2.16. The molecule has 0 aromatic heterocycles. The van der Waals surface area contributed by atoms with E-state index in [2.05, 4.69) is 0 Å². The van der Waals surface area contributed by atoms with E-state index >= 15 is 0 Å². The van der Waals surface area contributed by atoms with E-state index < -0.39 is 6.04 Å². The van der Waals surface area contributed by atoms with Crippen molar-refractivity contribution in [2.24, 2.45) is 5.73 Å². The summed E-state index contributed by atoms with van der Waals surface area (Å²) in [5.41, 5.74) is 8.37. The Balaban J connectivity index is 2.42. The topological polar surface area (TPSA) is 44.5 Å². The van der Waals surface area contributed by atoms with E-state index in [0.29, 0.717) is 17.1 Å². The third kappa shape index (κ3) is 2.75. The van der Waals surface area contributed by atoms with E-state index in [-0.39, 0.29) is 5.82 Å². The summed E-state index contributed by atoms with van der Waals surface area (Å²) in [7, 11) is 3.12. The molecule has 0 amide bonds. The van der Waals surface area contributed by atoms with Crippen molar-refractivity contribution < 1.29 is 13.9 Å². The predicted molar refractivity (Wildman–Crippen MR) is 76.7 cm³/mol. The summed E-state index contributed by atoms with van der Waals surface area (Å²) in [6, 6.07) is 9.72. The third-order valence-corrected chi connectivity index (χ3v) is 3.25. The summed E-state index contributed by atoms with van der Waals surface area (Å²) in [6.07, 6.45) is 0. The maximum Gasteiger partial charge on any atom is 0.161 e. The molecule has 0 saturated carbocycles. The molecular weight excluding hydrogens is 257 g/mol. The predicted octanol–water partition coefficient (Wildman–Crippen LogP) is 3.20. The van der Waals surface area contributed by atoms with Gasteiger partial charge < -0.3 is 15.2 Å². The second kappa shape index (κ2) is 5.92. The van der Waals surface area contributed by atoms with E-state index in [1.165, 1.54) is 6.07 Å². The summed E-state index contributed by atoms with van der Waals surface area (Å²) in [5.74, 6) is 0.888. The van der Waals surface area contributed by atoms with Crippen LogP contribution in [0.15, 0.2) is 36.4 Å². The number of hydrogen-bond donors (Lipinski definition) is 1. The Bertz CT molecular complexity index is 613. The van der Waals surface area contributed by atoms with E-state index in [1.54, 1.807) is 38.5 Å². The Morgan fingerprint density at radius 1 is 1.00 bits per heavy atom. The standard InChI is InChI=1S/C16H18FNO2/c1-10-4-6-13(17)12(8-10)16(18)11-5-7-14(19-2)15(9-11)20-3/h4-9,16H,18H2,1-3H3. The van der Waals surface area contributed by atoms with Crippen LogP contribution in [0.4, 0.5) is 4.39 Å². The van der Waals surface area contributed by atoms with E-state index in [1.807, 2.05) is 13.0 Å². The molecule has 20 heavy (non-hydrogen) atoms. The van der Waals surface area contributed by atoms with Crippen LogP contribution in [0.5, 0.6) is 11.5 Å². The SMILES string of the molecule is COc1ccc(C(N)c2cc(C)ccc2F)cc1OC. The number of benzene rings is 2. The van der Waals surface area contributed by atoms with Gasteiger partial charge in [-0.05, 0) is 30.7 Å². The first-order chi connectivity index (χ1) is 9.56. The highest BCUT2D eigenvalue weighted by Gasteiger charge is 2.16. The molecule has 4 heteroatoms. The monoisotopic (exact) mass is 275 g/mol. The van der Waals surface area contributed by atoms with Crippen LogP contribution in [0.3, 0.4) is 0 Å². The first-order valence-corrected chi connectivity index (χ1v) is 6.30. The second-order valence-electron chi connectivity index (χ2n) is 4.62. The summed E-state index contributed by atoms with van der Waals surface area (Å²) < 4.78 is 24.3. The number of halogens is 1. The summed E-state index contributed by atoms with van der Waals surface area (Å²) in [4.78, 5) is 0. The highest BCUT2D eigenvalue weighted by molar-refractivity contribution is 5.46. The number of methoxy groups -OCH3 is 2. The van der Waals surface area contributed by atoms with Gasteiger partial charge in [-0.3, -0.25) is 0 Å². The Morgan fingerprint density at radius 2 is 1.70 bits per heavy atom. The second-order valence-corrected chi connectivity index (χ2v) is 4.62. The lowest BCUT2D eigenvalue weighted by molar-refractivity contribution is 0.354. The molecule has 0 spiro atoms. The fourth-order valence-electron chi connectivity index (χ4n) is 2.13. The van der Waals surface area contributed by atoms with Gasteiger partial charge in [-0.15, -0.1) is 0 Å². The van der Waals surface area contributed by atoms with Crippen molar-refractivity contribution in [3.63, 3.8) is 0 Å². The zero-order valence-corrected chi connectivity index (χ0v) is 11.8. The minimum Gasteiger partial charge on any atom is -0.493 e. The maximum atomic E-state index is 13.9. The van der Waals surface area contributed by atoms with Crippen molar-refractivity contribution in [3.05, 3.63) is 58.9 Å². The molecule has 2 aromatic rings. The van der Waals surface area contributed by atoms with Crippen LogP contribution < -0.4 is 15.2 Å². The van der Waals surface area contributed by atoms with E-state index in [0.717, 1.165) is 11.1 Å². The molecule has 3 nitrogen and oxygen atoms in total. The molecule has 2 N–H and O–H groups in total. The Labute approximate surface area is 118 Å². The smallest absolute Gasteiger partial charge is 0.161 e. The molecule has 1 unspecified atom stereocenters. The third-order valence-electron chi connectivity index (χ3n) is 3.25. The van der Waals surface area contributed by atoms with Crippen LogP contribution in [0.25, 0.3) is 0 Å². The first-order valence-electron chi connectivity index (χ1n) is 6.30. The van der Waals surface area contributed by atoms with Gasteiger partial charge >= 0.3 is 0 Å². The first kappa shape index (κ1) is 14.3. The maximum absolute atomic E-state index is 13.9. The fourth-order valence-corrected chi connectivity index (χ4v) is 2.13.